The number of hydrogen-bond donors (Lipinski definition) is 0. The number of rotatable bonds is 7. The zero-order valence-electron chi connectivity index (χ0n) is 10.6. The molecule has 0 N–H and O–H groups in total. The van der Waals surface area contributed by atoms with E-state index in [4.69, 9.17) is 16.3 Å². The number of carbonyl (C=O) groups is 3. The molecule has 0 aliphatic heterocycles. The van der Waals surface area contributed by atoms with E-state index < -0.39 is 24.0 Å². The highest BCUT2D eigenvalue weighted by atomic mass is 35.5. The van der Waals surface area contributed by atoms with E-state index in [0.29, 0.717) is 17.0 Å². The lowest BCUT2D eigenvalue weighted by atomic mass is 10.1. The van der Waals surface area contributed by atoms with Gasteiger partial charge in [0, 0.05) is 10.6 Å². The van der Waals surface area contributed by atoms with Crippen molar-refractivity contribution in [2.45, 2.75) is 26.2 Å². The van der Waals surface area contributed by atoms with Crippen LogP contribution in [0.25, 0.3) is 0 Å². The van der Waals surface area contributed by atoms with Crippen LogP contribution in [0.15, 0.2) is 24.3 Å². The molecule has 0 heterocycles. The van der Waals surface area contributed by atoms with E-state index in [2.05, 4.69) is 0 Å². The molecular weight excluding hydrogens is 268 g/mol. The molecule has 0 unspecified atom stereocenters. The van der Waals surface area contributed by atoms with E-state index in [1.165, 1.54) is 6.07 Å². The Hall–Kier alpha value is -1.68. The van der Waals surface area contributed by atoms with Crippen LogP contribution in [0, 0.1) is 0 Å². The molecule has 5 heteroatoms. The van der Waals surface area contributed by atoms with Gasteiger partial charge in [-0.1, -0.05) is 37.1 Å². The number of hydrogen-bond acceptors (Lipinski definition) is 4. The third-order valence-electron chi connectivity index (χ3n) is 2.43. The third-order valence-corrected chi connectivity index (χ3v) is 2.66. The summed E-state index contributed by atoms with van der Waals surface area (Å²) in [6.07, 6.45) is 1.06. The Balaban J connectivity index is 2.52. The van der Waals surface area contributed by atoms with Gasteiger partial charge in [-0.3, -0.25) is 9.59 Å². The van der Waals surface area contributed by atoms with Crippen LogP contribution in [0.5, 0.6) is 0 Å². The van der Waals surface area contributed by atoms with Crippen LogP contribution in [0.1, 0.15) is 36.5 Å². The third kappa shape index (κ3) is 5.22. The van der Waals surface area contributed by atoms with Gasteiger partial charge < -0.3 is 4.74 Å². The minimum absolute atomic E-state index is 0.201. The number of ether oxygens (including phenoxy) is 1. The quantitative estimate of drug-likeness (QED) is 0.254. The monoisotopic (exact) mass is 282 g/mol. The van der Waals surface area contributed by atoms with Gasteiger partial charge in [-0.15, -0.1) is 0 Å². The highest BCUT2D eigenvalue weighted by molar-refractivity contribution is 6.38. The summed E-state index contributed by atoms with van der Waals surface area (Å²) >= 11 is 5.74. The normalized spacial score (nSPS) is 10.0. The molecule has 0 aliphatic carbocycles. The highest BCUT2D eigenvalue weighted by Gasteiger charge is 2.20. The Morgan fingerprint density at radius 1 is 1.26 bits per heavy atom. The molecule has 1 aromatic carbocycles. The number of ketones is 2. The maximum Gasteiger partial charge on any atom is 0.375 e. The van der Waals surface area contributed by atoms with E-state index in [0.717, 1.165) is 6.42 Å². The SMILES string of the molecule is CCCCOC(=O)C(=O)CC(=O)c1cccc(Cl)c1. The zero-order valence-corrected chi connectivity index (χ0v) is 11.4. The van der Waals surface area contributed by atoms with Crippen LogP contribution >= 0.6 is 11.6 Å². The number of benzene rings is 1. The van der Waals surface area contributed by atoms with E-state index in [1.54, 1.807) is 18.2 Å². The Kier molecular flexibility index (Phi) is 6.22. The first-order chi connectivity index (χ1) is 9.04. The molecule has 0 amide bonds. The lowest BCUT2D eigenvalue weighted by Crippen LogP contribution is -2.21. The Labute approximate surface area is 116 Å². The smallest absolute Gasteiger partial charge is 0.375 e. The van der Waals surface area contributed by atoms with Crippen molar-refractivity contribution in [3.05, 3.63) is 34.9 Å². The first kappa shape index (κ1) is 15.4. The van der Waals surface area contributed by atoms with Crippen molar-refractivity contribution >= 4 is 29.1 Å². The summed E-state index contributed by atoms with van der Waals surface area (Å²) in [5, 5.41) is 0.406. The second kappa shape index (κ2) is 7.69. The summed E-state index contributed by atoms with van der Waals surface area (Å²) in [4.78, 5) is 34.5. The molecule has 0 saturated carbocycles. The Morgan fingerprint density at radius 3 is 2.63 bits per heavy atom. The Bertz CT molecular complexity index is 482. The van der Waals surface area contributed by atoms with Crippen LogP contribution in [0.3, 0.4) is 0 Å². The summed E-state index contributed by atoms with van der Waals surface area (Å²) in [6.45, 7) is 2.14. The van der Waals surface area contributed by atoms with Gasteiger partial charge in [-0.2, -0.15) is 0 Å². The molecule has 0 aliphatic rings. The summed E-state index contributed by atoms with van der Waals surface area (Å²) < 4.78 is 4.74. The predicted molar refractivity (Wildman–Crippen MR) is 71.3 cm³/mol. The zero-order chi connectivity index (χ0) is 14.3. The molecule has 0 bridgehead atoms. The molecule has 19 heavy (non-hydrogen) atoms. The average Bonchev–Trinajstić information content (AvgIpc) is 2.38. The lowest BCUT2D eigenvalue weighted by molar-refractivity contribution is -0.153. The van der Waals surface area contributed by atoms with Crippen LogP contribution < -0.4 is 0 Å². The predicted octanol–water partition coefficient (Wildman–Crippen LogP) is 2.83. The van der Waals surface area contributed by atoms with Gasteiger partial charge in [-0.05, 0) is 18.6 Å². The van der Waals surface area contributed by atoms with Crippen molar-refractivity contribution in [1.29, 1.82) is 0 Å². The van der Waals surface area contributed by atoms with Crippen molar-refractivity contribution in [3.8, 4) is 0 Å². The largest absolute Gasteiger partial charge is 0.460 e. The molecule has 1 rings (SSSR count). The fourth-order valence-corrected chi connectivity index (χ4v) is 1.56. The fourth-order valence-electron chi connectivity index (χ4n) is 1.37. The molecule has 0 atom stereocenters. The molecule has 4 nitrogen and oxygen atoms in total. The van der Waals surface area contributed by atoms with Crippen LogP contribution in [-0.4, -0.2) is 24.1 Å². The van der Waals surface area contributed by atoms with Crippen molar-refractivity contribution in [1.82, 2.24) is 0 Å². The molecule has 1 aromatic rings. The first-order valence-electron chi connectivity index (χ1n) is 6.03. The summed E-state index contributed by atoms with van der Waals surface area (Å²) in [6, 6.07) is 6.24. The number of Topliss-reactive ketones (excluding diaryl/α,β-unsaturated/α-hetero) is 2. The molecule has 102 valence electrons. The van der Waals surface area contributed by atoms with E-state index in [9.17, 15) is 14.4 Å². The second-order valence-electron chi connectivity index (χ2n) is 4.02. The standard InChI is InChI=1S/C14H15ClO4/c1-2-3-7-19-14(18)13(17)9-12(16)10-5-4-6-11(15)8-10/h4-6,8H,2-3,7,9H2,1H3. The van der Waals surface area contributed by atoms with Gasteiger partial charge in [0.15, 0.2) is 5.78 Å². The van der Waals surface area contributed by atoms with Gasteiger partial charge in [0.05, 0.1) is 13.0 Å². The lowest BCUT2D eigenvalue weighted by Gasteiger charge is -2.03. The molecule has 0 radical (unpaired) electrons. The summed E-state index contributed by atoms with van der Waals surface area (Å²) in [5.74, 6) is -2.23. The van der Waals surface area contributed by atoms with Crippen LogP contribution in [-0.2, 0) is 14.3 Å². The number of halogens is 1. The number of unbranched alkanes of at least 4 members (excludes halogenated alkanes) is 1. The summed E-state index contributed by atoms with van der Waals surface area (Å²) in [7, 11) is 0. The van der Waals surface area contributed by atoms with Crippen LogP contribution in [0.4, 0.5) is 0 Å². The number of carbonyl (C=O) groups excluding carboxylic acids is 3. The fraction of sp³-hybridized carbons (Fsp3) is 0.357. The molecule has 0 saturated heterocycles. The van der Waals surface area contributed by atoms with E-state index in [-0.39, 0.29) is 6.61 Å². The molecular formula is C14H15ClO4. The highest BCUT2D eigenvalue weighted by Crippen LogP contribution is 2.12. The minimum Gasteiger partial charge on any atom is -0.460 e. The van der Waals surface area contributed by atoms with Gasteiger partial charge >= 0.3 is 5.97 Å². The van der Waals surface area contributed by atoms with E-state index >= 15 is 0 Å². The van der Waals surface area contributed by atoms with Crippen molar-refractivity contribution < 1.29 is 19.1 Å². The van der Waals surface area contributed by atoms with Crippen molar-refractivity contribution in [2.75, 3.05) is 6.61 Å². The van der Waals surface area contributed by atoms with Gasteiger partial charge in [0.25, 0.3) is 0 Å². The maximum atomic E-state index is 11.8. The number of esters is 1. The minimum atomic E-state index is -0.955. The van der Waals surface area contributed by atoms with Crippen molar-refractivity contribution in [3.63, 3.8) is 0 Å². The molecule has 0 aromatic heterocycles. The van der Waals surface area contributed by atoms with Crippen LogP contribution in [0.2, 0.25) is 5.02 Å². The molecule has 0 spiro atoms. The second-order valence-corrected chi connectivity index (χ2v) is 4.46. The van der Waals surface area contributed by atoms with Gasteiger partial charge in [0.1, 0.15) is 0 Å². The average molecular weight is 283 g/mol. The molecule has 0 fully saturated rings. The van der Waals surface area contributed by atoms with Crippen molar-refractivity contribution in [2.24, 2.45) is 0 Å². The first-order valence-corrected chi connectivity index (χ1v) is 6.41. The van der Waals surface area contributed by atoms with Gasteiger partial charge in [-0.25, -0.2) is 4.79 Å². The topological polar surface area (TPSA) is 60.4 Å². The maximum absolute atomic E-state index is 11.8. The summed E-state index contributed by atoms with van der Waals surface area (Å²) in [5.41, 5.74) is 0.308. The van der Waals surface area contributed by atoms with E-state index in [1.807, 2.05) is 6.92 Å². The van der Waals surface area contributed by atoms with Gasteiger partial charge in [0.2, 0.25) is 5.78 Å². The Morgan fingerprint density at radius 2 is 2.00 bits per heavy atom.